The molecule has 0 aliphatic carbocycles. The Labute approximate surface area is 150 Å². The van der Waals surface area contributed by atoms with Gasteiger partial charge in [0.15, 0.2) is 0 Å². The third-order valence-corrected chi connectivity index (χ3v) is 0. The number of hydrogen-bond acceptors (Lipinski definition) is 0. The van der Waals surface area contributed by atoms with Crippen LogP contribution in [0.25, 0.3) is 0 Å². The van der Waals surface area contributed by atoms with Crippen molar-refractivity contribution in [3.05, 3.63) is 0 Å². The fraction of sp³-hybridized carbons (Fsp3) is 0. The van der Waals surface area contributed by atoms with Gasteiger partial charge in [0.05, 0.1) is 0 Å². The molecule has 10 heavy (non-hydrogen) atoms. The van der Waals surface area contributed by atoms with Gasteiger partial charge in [-0.3, -0.25) is 0 Å². The van der Waals surface area contributed by atoms with E-state index in [9.17, 15) is 0 Å². The zero-order chi connectivity index (χ0) is 0. The summed E-state index contributed by atoms with van der Waals surface area (Å²) in [5, 5.41) is 0. The van der Waals surface area contributed by atoms with Crippen molar-refractivity contribution in [2.45, 2.75) is 0 Å². The van der Waals surface area contributed by atoms with Crippen LogP contribution in [0.4, 0.5) is 0 Å². The first kappa shape index (κ1) is 158. The van der Waals surface area contributed by atoms with Gasteiger partial charge in [0.1, 0.15) is 0 Å². The molecule has 0 amide bonds. The van der Waals surface area contributed by atoms with Gasteiger partial charge in [-0.2, -0.15) is 0 Å². The summed E-state index contributed by atoms with van der Waals surface area (Å²) in [6, 6.07) is 0. The quantitative estimate of drug-likeness (QED) is 0.334. The van der Waals surface area contributed by atoms with E-state index in [1.165, 1.54) is 0 Å². The first-order valence-corrected chi connectivity index (χ1v) is 0. The van der Waals surface area contributed by atoms with Crippen molar-refractivity contribution in [2.24, 2.45) is 0 Å². The third kappa shape index (κ3) is 96.3. The average Bonchev–Trinajstić information content (AvgIpc) is 0. The predicted octanol–water partition coefficient (Wildman–Crippen LogP) is -1.48. The van der Waals surface area contributed by atoms with Crippen LogP contribution in [0.2, 0.25) is 0 Å². The van der Waals surface area contributed by atoms with Gasteiger partial charge in [-0.1, -0.05) is 0 Å². The molecule has 0 fully saturated rings. The van der Waals surface area contributed by atoms with Gasteiger partial charge in [0, 0.05) is 0 Å². The predicted molar refractivity (Wildman–Crippen MR) is 15.6 cm³/mol. The molecular formula is O6PbSrTiZr. The SMILES string of the molecule is [O-2].[O-2].[O-2].[O-2].[O-2].[O-2].[Pb+2].[Sr+2].[Ti+4].[Zr+4]. The molecule has 0 aliphatic heterocycles. The summed E-state index contributed by atoms with van der Waals surface area (Å²) < 4.78 is 0. The van der Waals surface area contributed by atoms with Crippen molar-refractivity contribution in [3.63, 3.8) is 0 Å². The van der Waals surface area contributed by atoms with Crippen LogP contribution in [0.1, 0.15) is 0 Å². The summed E-state index contributed by atoms with van der Waals surface area (Å²) in [6.07, 6.45) is 0. The Kier molecular flexibility index (Phi) is 1980. The van der Waals surface area contributed by atoms with Crippen molar-refractivity contribution in [2.75, 3.05) is 0 Å². The van der Waals surface area contributed by atoms with Crippen LogP contribution in [0, 0.1) is 0 Å². The summed E-state index contributed by atoms with van der Waals surface area (Å²) >= 11 is 0. The van der Waals surface area contributed by atoms with Crippen LogP contribution in [0.15, 0.2) is 0 Å². The molecule has 10 heteroatoms. The summed E-state index contributed by atoms with van der Waals surface area (Å²) in [5.41, 5.74) is 0. The minimum atomic E-state index is 0. The van der Waals surface area contributed by atoms with Crippen LogP contribution in [0.5, 0.6) is 0 Å². The Morgan fingerprint density at radius 3 is 0.500 bits per heavy atom. The van der Waals surface area contributed by atoms with Crippen molar-refractivity contribution < 1.29 is 80.8 Å². The molecule has 0 atom stereocenters. The first-order chi connectivity index (χ1) is 0. The molecule has 0 aromatic rings. The average molecular weight is 530 g/mol. The topological polar surface area (TPSA) is 171 Å². The fourth-order valence-corrected chi connectivity index (χ4v) is 0. The standard InChI is InChI=1S/6O.Pb.Sr.Ti.Zr/q6*-2;2*+2;2*+4. The summed E-state index contributed by atoms with van der Waals surface area (Å²) in [6.45, 7) is 0. The Morgan fingerprint density at radius 2 is 0.500 bits per heavy atom. The molecule has 0 unspecified atom stereocenters. The third-order valence-electron chi connectivity index (χ3n) is 0. The van der Waals surface area contributed by atoms with Crippen molar-refractivity contribution in [3.8, 4) is 0 Å². The maximum Gasteiger partial charge on any atom is 4.00 e. The summed E-state index contributed by atoms with van der Waals surface area (Å²) in [7, 11) is 0. The molecule has 0 aromatic carbocycles. The Hall–Kier alpha value is 3.76. The second kappa shape index (κ2) is 125. The second-order valence-electron chi connectivity index (χ2n) is 0. The fourth-order valence-electron chi connectivity index (χ4n) is 0. The van der Waals surface area contributed by atoms with E-state index in [4.69, 9.17) is 0 Å². The summed E-state index contributed by atoms with van der Waals surface area (Å²) in [5.74, 6) is 0. The largest absolute Gasteiger partial charge is 4.00 e. The van der Waals surface area contributed by atoms with Crippen LogP contribution >= 0.6 is 0 Å². The van der Waals surface area contributed by atoms with E-state index in [0.717, 1.165) is 0 Å². The van der Waals surface area contributed by atoms with Crippen molar-refractivity contribution in [1.82, 2.24) is 0 Å². The van der Waals surface area contributed by atoms with E-state index in [1.54, 1.807) is 0 Å². The van der Waals surface area contributed by atoms with E-state index < -0.39 is 0 Å². The van der Waals surface area contributed by atoms with Gasteiger partial charge in [-0.05, 0) is 0 Å². The minimum absolute atomic E-state index is 0. The Balaban J connectivity index is 0. The van der Waals surface area contributed by atoms with Crippen LogP contribution < -0.4 is 0 Å². The molecule has 0 saturated heterocycles. The Morgan fingerprint density at radius 1 is 0.500 bits per heavy atom. The first-order valence-electron chi connectivity index (χ1n) is 0. The zero-order valence-electron chi connectivity index (χ0n) is 4.66. The number of rotatable bonds is 0. The van der Waals surface area contributed by atoms with E-state index >= 15 is 0 Å². The van der Waals surface area contributed by atoms with Crippen LogP contribution in [-0.4, -0.2) is 72.8 Å². The van der Waals surface area contributed by atoms with Gasteiger partial charge in [-0.15, -0.1) is 0 Å². The molecular weight excluding hydrogens is 530 g/mol. The smallest absolute Gasteiger partial charge is 2.00 e. The van der Waals surface area contributed by atoms with Gasteiger partial charge in [-0.25, -0.2) is 0 Å². The molecule has 0 rings (SSSR count). The van der Waals surface area contributed by atoms with E-state index in [-0.39, 0.29) is 154 Å². The molecule has 0 spiro atoms. The maximum absolute atomic E-state index is 0. The molecule has 0 aromatic heterocycles. The van der Waals surface area contributed by atoms with E-state index in [1.807, 2.05) is 0 Å². The molecule has 0 N–H and O–H groups in total. The summed E-state index contributed by atoms with van der Waals surface area (Å²) in [4.78, 5) is 0. The van der Waals surface area contributed by atoms with Crippen molar-refractivity contribution >= 4 is 72.8 Å². The molecule has 0 saturated carbocycles. The van der Waals surface area contributed by atoms with Crippen molar-refractivity contribution in [1.29, 1.82) is 0 Å². The van der Waals surface area contributed by atoms with Gasteiger partial charge in [0.2, 0.25) is 0 Å². The van der Waals surface area contributed by atoms with Gasteiger partial charge < -0.3 is 32.9 Å². The van der Waals surface area contributed by atoms with Gasteiger partial charge >= 0.3 is 121 Å². The molecule has 6 nitrogen and oxygen atoms in total. The van der Waals surface area contributed by atoms with Gasteiger partial charge in [0.25, 0.3) is 0 Å². The van der Waals surface area contributed by atoms with Crippen LogP contribution in [-0.2, 0) is 80.8 Å². The number of hydrogen-bond donors (Lipinski definition) is 0. The van der Waals surface area contributed by atoms with E-state index in [2.05, 4.69) is 0 Å². The Bertz CT molecular complexity index is 17.7. The molecule has 50 valence electrons. The molecule has 2 radical (unpaired) electrons. The normalized spacial score (nSPS) is 0. The monoisotopic (exact) mass is 530 g/mol. The molecule has 0 heterocycles. The zero-order valence-corrected chi connectivity index (χ0v) is 16.0. The second-order valence-corrected chi connectivity index (χ2v) is 0. The van der Waals surface area contributed by atoms with Crippen LogP contribution in [0.3, 0.4) is 0 Å². The molecule has 0 aliphatic rings. The maximum atomic E-state index is 0. The van der Waals surface area contributed by atoms with E-state index in [0.29, 0.717) is 0 Å². The minimum Gasteiger partial charge on any atom is -2.00 e. The molecule has 0 bridgehead atoms.